The number of hydrogen-bond acceptors (Lipinski definition) is 2. The molecule has 0 bridgehead atoms. The maximum atomic E-state index is 12.1. The van der Waals surface area contributed by atoms with Crippen molar-refractivity contribution in [3.8, 4) is 0 Å². The van der Waals surface area contributed by atoms with Crippen LogP contribution >= 0.6 is 0 Å². The van der Waals surface area contributed by atoms with E-state index >= 15 is 0 Å². The number of fused-ring (bicyclic) bond motifs is 1. The lowest BCUT2D eigenvalue weighted by molar-refractivity contribution is -0.143. The molecule has 0 amide bonds. The van der Waals surface area contributed by atoms with Gasteiger partial charge in [-0.1, -0.05) is 42.5 Å². The van der Waals surface area contributed by atoms with E-state index < -0.39 is 0 Å². The van der Waals surface area contributed by atoms with E-state index in [4.69, 9.17) is 11.3 Å². The lowest BCUT2D eigenvalue weighted by Crippen LogP contribution is -2.12. The third kappa shape index (κ3) is 3.02. The first-order chi connectivity index (χ1) is 11.7. The lowest BCUT2D eigenvalue weighted by Gasteiger charge is -2.19. The second kappa shape index (κ2) is 7.01. The van der Waals surface area contributed by atoms with E-state index in [2.05, 4.69) is 9.83 Å². The van der Waals surface area contributed by atoms with Gasteiger partial charge in [-0.3, -0.25) is 4.79 Å². The molecule has 2 aromatic carbocycles. The first kappa shape index (κ1) is 15.8. The summed E-state index contributed by atoms with van der Waals surface area (Å²) in [5.74, 6) is -0.381. The minimum absolute atomic E-state index is 0.148. The zero-order valence-corrected chi connectivity index (χ0v) is 13.5. The van der Waals surface area contributed by atoms with Gasteiger partial charge in [0.25, 0.3) is 0 Å². The Morgan fingerprint density at radius 2 is 2.00 bits per heavy atom. The molecule has 0 aliphatic rings. The number of rotatable bonds is 5. The summed E-state index contributed by atoms with van der Waals surface area (Å²) in [5, 5.41) is 0.880. The fraction of sp³-hybridized carbons (Fsp3) is 0.200. The topological polar surface area (TPSA) is 46.5 Å². The molecule has 120 valence electrons. The molecule has 1 heterocycles. The van der Waals surface area contributed by atoms with Crippen molar-refractivity contribution in [3.63, 3.8) is 0 Å². The molecule has 4 nitrogen and oxygen atoms in total. The zero-order chi connectivity index (χ0) is 16.9. The third-order valence-electron chi connectivity index (χ3n) is 4.09. The van der Waals surface area contributed by atoms with Crippen LogP contribution in [-0.4, -0.2) is 17.6 Å². The summed E-state index contributed by atoms with van der Waals surface area (Å²) in [6.07, 6.45) is 1.97. The van der Waals surface area contributed by atoms with E-state index in [0.29, 0.717) is 12.3 Å². The van der Waals surface area contributed by atoms with Crippen molar-refractivity contribution < 1.29 is 9.53 Å². The largest absolute Gasteiger partial charge is 0.466 e. The summed E-state index contributed by atoms with van der Waals surface area (Å²) in [4.78, 5) is 18.9. The van der Waals surface area contributed by atoms with E-state index in [1.54, 1.807) is 13.1 Å². The Morgan fingerprint density at radius 3 is 2.71 bits per heavy atom. The highest BCUT2D eigenvalue weighted by molar-refractivity contribution is 5.96. The van der Waals surface area contributed by atoms with Crippen LogP contribution in [0, 0.1) is 6.57 Å². The molecule has 3 aromatic rings. The monoisotopic (exact) mass is 318 g/mol. The van der Waals surface area contributed by atoms with Gasteiger partial charge in [-0.15, -0.1) is 0 Å². The standard InChI is InChI=1S/C20H18N2O2/c1-3-24-19(23)12-16(14-8-5-4-6-9-14)15-10-7-11-17-20(15)18(21-2)13-22-17/h4-11,13,16,22H,3,12H2,1H3. The number of aromatic amines is 1. The first-order valence-corrected chi connectivity index (χ1v) is 7.92. The predicted molar refractivity (Wildman–Crippen MR) is 94.1 cm³/mol. The fourth-order valence-electron chi connectivity index (χ4n) is 3.05. The quantitative estimate of drug-likeness (QED) is 0.542. The van der Waals surface area contributed by atoms with Crippen molar-refractivity contribution in [3.05, 3.63) is 77.3 Å². The van der Waals surface area contributed by atoms with Crippen LogP contribution < -0.4 is 0 Å². The molecule has 0 aliphatic carbocycles. The predicted octanol–water partition coefficient (Wildman–Crippen LogP) is 4.80. The van der Waals surface area contributed by atoms with Crippen molar-refractivity contribution in [2.24, 2.45) is 0 Å². The molecule has 3 rings (SSSR count). The summed E-state index contributed by atoms with van der Waals surface area (Å²) in [6, 6.07) is 15.8. The maximum absolute atomic E-state index is 12.1. The van der Waals surface area contributed by atoms with Gasteiger partial charge in [-0.05, 0) is 24.1 Å². The fourth-order valence-corrected chi connectivity index (χ4v) is 3.05. The van der Waals surface area contributed by atoms with Crippen molar-refractivity contribution in [1.29, 1.82) is 0 Å². The van der Waals surface area contributed by atoms with Crippen molar-refractivity contribution in [1.82, 2.24) is 4.98 Å². The molecule has 0 fully saturated rings. The Morgan fingerprint density at radius 1 is 1.21 bits per heavy atom. The number of H-pyrrole nitrogens is 1. The van der Waals surface area contributed by atoms with Crippen molar-refractivity contribution in [2.75, 3.05) is 6.61 Å². The number of carbonyl (C=O) groups is 1. The van der Waals surface area contributed by atoms with Gasteiger partial charge in [-0.2, -0.15) is 0 Å². The minimum atomic E-state index is -0.233. The summed E-state index contributed by atoms with van der Waals surface area (Å²) >= 11 is 0. The number of ether oxygens (including phenoxy) is 1. The van der Waals surface area contributed by atoms with Crippen LogP contribution in [0.1, 0.15) is 30.4 Å². The SMILES string of the molecule is [C-]#[N+]c1c[nH]c2cccc(C(CC(=O)OCC)c3ccccc3)c12. The molecule has 0 spiro atoms. The van der Waals surface area contributed by atoms with Crippen LogP contribution in [0.15, 0.2) is 54.7 Å². The molecular weight excluding hydrogens is 300 g/mol. The molecule has 4 heteroatoms. The molecule has 1 atom stereocenters. The molecule has 0 aliphatic heterocycles. The second-order valence-electron chi connectivity index (χ2n) is 5.53. The average molecular weight is 318 g/mol. The second-order valence-corrected chi connectivity index (χ2v) is 5.53. The summed E-state index contributed by atoms with van der Waals surface area (Å²) < 4.78 is 5.16. The smallest absolute Gasteiger partial charge is 0.306 e. The molecule has 1 aromatic heterocycles. The molecule has 0 saturated heterocycles. The molecule has 0 radical (unpaired) electrons. The Hall–Kier alpha value is -3.06. The van der Waals surface area contributed by atoms with Gasteiger partial charge in [0.2, 0.25) is 5.69 Å². The number of esters is 1. The normalized spacial score (nSPS) is 11.8. The van der Waals surface area contributed by atoms with Crippen LogP contribution in [0.3, 0.4) is 0 Å². The molecule has 0 saturated carbocycles. The Labute approximate surface area is 140 Å². The van der Waals surface area contributed by atoms with E-state index in [1.165, 1.54) is 0 Å². The number of nitrogens with one attached hydrogen (secondary N) is 1. The molecule has 1 N–H and O–H groups in total. The van der Waals surface area contributed by atoms with Crippen LogP contribution in [0.2, 0.25) is 0 Å². The van der Waals surface area contributed by atoms with Crippen LogP contribution in [-0.2, 0) is 9.53 Å². The van der Waals surface area contributed by atoms with E-state index in [9.17, 15) is 4.79 Å². The zero-order valence-electron chi connectivity index (χ0n) is 13.5. The maximum Gasteiger partial charge on any atom is 0.306 e. The van der Waals surface area contributed by atoms with E-state index in [0.717, 1.165) is 22.0 Å². The number of nitrogens with zero attached hydrogens (tertiary/aromatic N) is 1. The molecule has 1 unspecified atom stereocenters. The highest BCUT2D eigenvalue weighted by atomic mass is 16.5. The van der Waals surface area contributed by atoms with E-state index in [1.807, 2.05) is 48.5 Å². The van der Waals surface area contributed by atoms with Crippen LogP contribution in [0.4, 0.5) is 5.69 Å². The van der Waals surface area contributed by atoms with Crippen LogP contribution in [0.25, 0.3) is 15.7 Å². The minimum Gasteiger partial charge on any atom is -0.466 e. The van der Waals surface area contributed by atoms with Gasteiger partial charge in [0, 0.05) is 23.0 Å². The summed E-state index contributed by atoms with van der Waals surface area (Å²) in [5.41, 5.74) is 3.49. The van der Waals surface area contributed by atoms with Gasteiger partial charge in [0.1, 0.15) is 0 Å². The van der Waals surface area contributed by atoms with Gasteiger partial charge < -0.3 is 9.72 Å². The third-order valence-corrected chi connectivity index (χ3v) is 4.09. The summed E-state index contributed by atoms with van der Waals surface area (Å²) in [7, 11) is 0. The number of hydrogen-bond donors (Lipinski definition) is 1. The number of aromatic nitrogens is 1. The Bertz CT molecular complexity index is 891. The average Bonchev–Trinajstić information content (AvgIpc) is 3.04. The number of carbonyl (C=O) groups excluding carboxylic acids is 1. The van der Waals surface area contributed by atoms with Gasteiger partial charge in [-0.25, -0.2) is 4.85 Å². The molecule has 24 heavy (non-hydrogen) atoms. The van der Waals surface area contributed by atoms with Gasteiger partial charge in [0.05, 0.1) is 19.6 Å². The van der Waals surface area contributed by atoms with Crippen molar-refractivity contribution >= 4 is 22.6 Å². The number of benzene rings is 2. The van der Waals surface area contributed by atoms with Crippen LogP contribution in [0.5, 0.6) is 0 Å². The van der Waals surface area contributed by atoms with Gasteiger partial charge in [0.15, 0.2) is 0 Å². The van der Waals surface area contributed by atoms with Gasteiger partial charge >= 0.3 is 5.97 Å². The van der Waals surface area contributed by atoms with Crippen molar-refractivity contribution in [2.45, 2.75) is 19.3 Å². The Kier molecular flexibility index (Phi) is 4.62. The lowest BCUT2D eigenvalue weighted by atomic mass is 9.86. The first-order valence-electron chi connectivity index (χ1n) is 7.92. The molecular formula is C20H18N2O2. The Balaban J connectivity index is 2.14. The highest BCUT2D eigenvalue weighted by Crippen LogP contribution is 2.38. The summed E-state index contributed by atoms with van der Waals surface area (Å²) in [6.45, 7) is 9.57. The highest BCUT2D eigenvalue weighted by Gasteiger charge is 2.22. The van der Waals surface area contributed by atoms with E-state index in [-0.39, 0.29) is 18.3 Å².